The van der Waals surface area contributed by atoms with E-state index in [9.17, 15) is 0 Å². The second-order valence-corrected chi connectivity index (χ2v) is 4.63. The van der Waals surface area contributed by atoms with Crippen molar-refractivity contribution in [2.45, 2.75) is 25.8 Å². The van der Waals surface area contributed by atoms with Crippen LogP contribution in [0.3, 0.4) is 0 Å². The summed E-state index contributed by atoms with van der Waals surface area (Å²) in [5, 5.41) is 5.73. The number of benzene rings is 1. The molecule has 18 heavy (non-hydrogen) atoms. The lowest BCUT2D eigenvalue weighted by molar-refractivity contribution is 0.121. The minimum absolute atomic E-state index is 0.00913. The third kappa shape index (κ3) is 2.89. The Morgan fingerprint density at radius 3 is 2.94 bits per heavy atom. The smallest absolute Gasteiger partial charge is 0.0719 e. The molecule has 98 valence electrons. The van der Waals surface area contributed by atoms with Crippen LogP contribution in [0.5, 0.6) is 0 Å². The van der Waals surface area contributed by atoms with E-state index in [-0.39, 0.29) is 6.04 Å². The summed E-state index contributed by atoms with van der Waals surface area (Å²) in [6.07, 6.45) is 1.78. The highest BCUT2D eigenvalue weighted by Crippen LogP contribution is 2.18. The molecule has 0 amide bonds. The van der Waals surface area contributed by atoms with Crippen LogP contribution in [-0.4, -0.2) is 29.0 Å². The molecule has 0 saturated heterocycles. The molecule has 0 aliphatic rings. The Morgan fingerprint density at radius 1 is 1.39 bits per heavy atom. The van der Waals surface area contributed by atoms with Crippen molar-refractivity contribution in [3.8, 4) is 0 Å². The van der Waals surface area contributed by atoms with Gasteiger partial charge in [-0.25, -0.2) is 0 Å². The van der Waals surface area contributed by atoms with E-state index in [1.807, 2.05) is 23.9 Å². The van der Waals surface area contributed by atoms with Crippen LogP contribution in [0.2, 0.25) is 0 Å². The molecular formula is C14H21N3O. The van der Waals surface area contributed by atoms with Crippen LogP contribution in [-0.2, 0) is 18.2 Å². The minimum atomic E-state index is 0.00913. The summed E-state index contributed by atoms with van der Waals surface area (Å²) in [6, 6.07) is 8.24. The van der Waals surface area contributed by atoms with Crippen molar-refractivity contribution in [3.05, 3.63) is 30.0 Å². The van der Waals surface area contributed by atoms with E-state index in [1.54, 1.807) is 0 Å². The van der Waals surface area contributed by atoms with E-state index in [1.165, 1.54) is 5.39 Å². The van der Waals surface area contributed by atoms with Gasteiger partial charge in [0, 0.05) is 31.5 Å². The molecule has 0 bridgehead atoms. The molecule has 1 unspecified atom stereocenters. The fraction of sp³-hybridized carbons (Fsp3) is 0.500. The lowest BCUT2D eigenvalue weighted by atomic mass is 10.1. The Morgan fingerprint density at radius 2 is 2.17 bits per heavy atom. The summed E-state index contributed by atoms with van der Waals surface area (Å²) in [5.74, 6) is 0. The van der Waals surface area contributed by atoms with Gasteiger partial charge < -0.3 is 10.5 Å². The molecular weight excluding hydrogens is 226 g/mol. The number of nitrogens with zero attached hydrogens (tertiary/aromatic N) is 2. The number of rotatable bonds is 6. The number of fused-ring (bicyclic) bond motifs is 1. The maximum absolute atomic E-state index is 6.07. The number of aryl methyl sites for hydroxylation is 1. The van der Waals surface area contributed by atoms with Crippen LogP contribution >= 0.6 is 0 Å². The lowest BCUT2D eigenvalue weighted by Gasteiger charge is -2.10. The molecule has 0 aliphatic carbocycles. The molecule has 1 heterocycles. The van der Waals surface area contributed by atoms with Crippen molar-refractivity contribution in [3.63, 3.8) is 0 Å². The van der Waals surface area contributed by atoms with Crippen molar-refractivity contribution < 1.29 is 4.74 Å². The predicted octanol–water partition coefficient (Wildman–Crippen LogP) is 1.87. The van der Waals surface area contributed by atoms with Gasteiger partial charge >= 0.3 is 0 Å². The summed E-state index contributed by atoms with van der Waals surface area (Å²) in [7, 11) is 1.96. The van der Waals surface area contributed by atoms with Gasteiger partial charge in [0.1, 0.15) is 0 Å². The number of aromatic nitrogens is 2. The van der Waals surface area contributed by atoms with E-state index < -0.39 is 0 Å². The van der Waals surface area contributed by atoms with Crippen LogP contribution in [0.4, 0.5) is 0 Å². The Hall–Kier alpha value is -1.39. The summed E-state index contributed by atoms with van der Waals surface area (Å²) in [6.45, 7) is 3.47. The summed E-state index contributed by atoms with van der Waals surface area (Å²) >= 11 is 0. The van der Waals surface area contributed by atoms with E-state index in [0.717, 1.165) is 30.7 Å². The first-order valence-corrected chi connectivity index (χ1v) is 6.46. The maximum atomic E-state index is 6.07. The summed E-state index contributed by atoms with van der Waals surface area (Å²) < 4.78 is 7.38. The molecule has 4 nitrogen and oxygen atoms in total. The SMILES string of the molecule is CCCOCC(N)Cc1nn(C)c2ccccc12. The predicted molar refractivity (Wildman–Crippen MR) is 73.5 cm³/mol. The second kappa shape index (κ2) is 5.98. The van der Waals surface area contributed by atoms with E-state index >= 15 is 0 Å². The van der Waals surface area contributed by atoms with Crippen LogP contribution in [0.15, 0.2) is 24.3 Å². The average molecular weight is 247 g/mol. The average Bonchev–Trinajstić information content (AvgIpc) is 2.67. The van der Waals surface area contributed by atoms with Crippen molar-refractivity contribution in [1.82, 2.24) is 9.78 Å². The molecule has 4 heteroatoms. The third-order valence-electron chi connectivity index (χ3n) is 2.97. The van der Waals surface area contributed by atoms with Crippen LogP contribution in [0.1, 0.15) is 19.0 Å². The highest BCUT2D eigenvalue weighted by Gasteiger charge is 2.11. The monoisotopic (exact) mass is 247 g/mol. The zero-order valence-electron chi connectivity index (χ0n) is 11.1. The number of hydrogen-bond acceptors (Lipinski definition) is 3. The number of hydrogen-bond donors (Lipinski definition) is 1. The second-order valence-electron chi connectivity index (χ2n) is 4.63. The molecule has 1 aromatic heterocycles. The van der Waals surface area contributed by atoms with Gasteiger partial charge in [0.05, 0.1) is 17.8 Å². The first-order valence-electron chi connectivity index (χ1n) is 6.46. The van der Waals surface area contributed by atoms with Gasteiger partial charge in [-0.2, -0.15) is 5.10 Å². The molecule has 0 radical (unpaired) electrons. The van der Waals surface area contributed by atoms with Gasteiger partial charge in [-0.15, -0.1) is 0 Å². The molecule has 0 saturated carbocycles. The number of nitrogens with two attached hydrogens (primary N) is 1. The van der Waals surface area contributed by atoms with Crippen molar-refractivity contribution >= 4 is 10.9 Å². The van der Waals surface area contributed by atoms with Crippen LogP contribution in [0.25, 0.3) is 10.9 Å². The molecule has 2 N–H and O–H groups in total. The molecule has 2 rings (SSSR count). The first-order chi connectivity index (χ1) is 8.72. The zero-order chi connectivity index (χ0) is 13.0. The Bertz CT molecular complexity index is 507. The highest BCUT2D eigenvalue weighted by molar-refractivity contribution is 5.81. The first kappa shape index (κ1) is 13.1. The minimum Gasteiger partial charge on any atom is -0.380 e. The Labute approximate surface area is 108 Å². The molecule has 0 aliphatic heterocycles. The number of ether oxygens (including phenoxy) is 1. The quantitative estimate of drug-likeness (QED) is 0.793. The highest BCUT2D eigenvalue weighted by atomic mass is 16.5. The summed E-state index contributed by atoms with van der Waals surface area (Å²) in [5.41, 5.74) is 8.28. The van der Waals surface area contributed by atoms with Crippen LogP contribution in [0, 0.1) is 0 Å². The summed E-state index contributed by atoms with van der Waals surface area (Å²) in [4.78, 5) is 0. The van der Waals surface area contributed by atoms with Crippen molar-refractivity contribution in [2.75, 3.05) is 13.2 Å². The largest absolute Gasteiger partial charge is 0.380 e. The van der Waals surface area contributed by atoms with Gasteiger partial charge in [0.15, 0.2) is 0 Å². The normalized spacial score (nSPS) is 13.1. The number of para-hydroxylation sites is 1. The van der Waals surface area contributed by atoms with E-state index in [0.29, 0.717) is 6.61 Å². The molecule has 2 aromatic rings. The maximum Gasteiger partial charge on any atom is 0.0719 e. The molecule has 0 fully saturated rings. The fourth-order valence-corrected chi connectivity index (χ4v) is 2.13. The lowest BCUT2D eigenvalue weighted by Crippen LogP contribution is -2.29. The van der Waals surface area contributed by atoms with Gasteiger partial charge in [-0.1, -0.05) is 25.1 Å². The van der Waals surface area contributed by atoms with Crippen molar-refractivity contribution in [1.29, 1.82) is 0 Å². The Balaban J connectivity index is 2.07. The van der Waals surface area contributed by atoms with Crippen molar-refractivity contribution in [2.24, 2.45) is 12.8 Å². The standard InChI is InChI=1S/C14H21N3O/c1-3-8-18-10-11(15)9-13-12-6-4-5-7-14(12)17(2)16-13/h4-7,11H,3,8-10,15H2,1-2H3. The topological polar surface area (TPSA) is 53.1 Å². The van der Waals surface area contributed by atoms with Gasteiger partial charge in [-0.3, -0.25) is 4.68 Å². The fourth-order valence-electron chi connectivity index (χ4n) is 2.13. The van der Waals surface area contributed by atoms with Gasteiger partial charge in [0.2, 0.25) is 0 Å². The Kier molecular flexibility index (Phi) is 4.33. The third-order valence-corrected chi connectivity index (χ3v) is 2.97. The molecule has 1 aromatic carbocycles. The molecule has 0 spiro atoms. The van der Waals surface area contributed by atoms with E-state index in [2.05, 4.69) is 24.2 Å². The van der Waals surface area contributed by atoms with Gasteiger partial charge in [0.25, 0.3) is 0 Å². The van der Waals surface area contributed by atoms with E-state index in [4.69, 9.17) is 10.5 Å². The van der Waals surface area contributed by atoms with Crippen LogP contribution < -0.4 is 5.73 Å². The molecule has 1 atom stereocenters. The zero-order valence-corrected chi connectivity index (χ0v) is 11.1. The van der Waals surface area contributed by atoms with Gasteiger partial charge in [-0.05, 0) is 12.5 Å².